The number of aryl methyl sites for hydroxylation is 1. The minimum atomic E-state index is -3.91. The van der Waals surface area contributed by atoms with Crippen LogP contribution in [-0.2, 0) is 15.5 Å². The Morgan fingerprint density at radius 3 is 2.47 bits per heavy atom. The number of halogens is 2. The average molecular weight is 264 g/mol. The molecule has 6 heteroatoms. The van der Waals surface area contributed by atoms with Crippen molar-refractivity contribution in [2.24, 2.45) is 0 Å². The van der Waals surface area contributed by atoms with Crippen LogP contribution in [0.15, 0.2) is 17.0 Å². The van der Waals surface area contributed by atoms with Crippen LogP contribution in [0.2, 0.25) is 5.02 Å². The zero-order valence-electron chi connectivity index (χ0n) is 7.79. The van der Waals surface area contributed by atoms with Crippen LogP contribution in [0.4, 0.5) is 0 Å². The van der Waals surface area contributed by atoms with Gasteiger partial charge < -0.3 is 0 Å². The molecule has 0 fully saturated rings. The number of hydrogen-bond acceptors (Lipinski definition) is 3. The molecule has 80 valence electrons. The summed E-state index contributed by atoms with van der Waals surface area (Å²) in [7, 11) is 1.29. The first-order chi connectivity index (χ1) is 6.90. The summed E-state index contributed by atoms with van der Waals surface area (Å²) in [4.78, 5) is -0.207. The van der Waals surface area contributed by atoms with Crippen molar-refractivity contribution in [3.05, 3.63) is 28.3 Å². The highest BCUT2D eigenvalue weighted by Crippen LogP contribution is 2.29. The van der Waals surface area contributed by atoms with Crippen LogP contribution < -0.4 is 0 Å². The summed E-state index contributed by atoms with van der Waals surface area (Å²) in [5.41, 5.74) is 0.824. The average Bonchev–Trinajstić information content (AvgIpc) is 2.16. The fraction of sp³-hybridized carbons (Fsp3) is 0.222. The largest absolute Gasteiger partial charge is 0.262 e. The van der Waals surface area contributed by atoms with Crippen molar-refractivity contribution in [3.8, 4) is 6.07 Å². The highest BCUT2D eigenvalue weighted by atomic mass is 35.7. The predicted octanol–water partition coefficient (Wildman–Crippen LogP) is 2.70. The number of rotatable bonds is 2. The summed E-state index contributed by atoms with van der Waals surface area (Å²) in [6.07, 6.45) is 0.535. The van der Waals surface area contributed by atoms with E-state index in [2.05, 4.69) is 0 Å². The van der Waals surface area contributed by atoms with Gasteiger partial charge in [0.15, 0.2) is 0 Å². The van der Waals surface area contributed by atoms with Crippen LogP contribution in [0.1, 0.15) is 18.1 Å². The first kappa shape index (κ1) is 12.3. The fourth-order valence-electron chi connectivity index (χ4n) is 1.15. The molecule has 1 aromatic rings. The van der Waals surface area contributed by atoms with E-state index in [1.807, 2.05) is 13.0 Å². The Labute approximate surface area is 97.7 Å². The summed E-state index contributed by atoms with van der Waals surface area (Å²) < 4.78 is 22.3. The molecule has 0 aromatic heterocycles. The second kappa shape index (κ2) is 4.40. The maximum atomic E-state index is 11.2. The maximum Gasteiger partial charge on any atom is 0.262 e. The third-order valence-corrected chi connectivity index (χ3v) is 3.79. The molecule has 0 amide bonds. The van der Waals surface area contributed by atoms with Gasteiger partial charge in [0.25, 0.3) is 9.05 Å². The van der Waals surface area contributed by atoms with Gasteiger partial charge in [0.1, 0.15) is 4.90 Å². The molecule has 0 unspecified atom stereocenters. The smallest absolute Gasteiger partial charge is 0.207 e. The number of nitrogens with zero attached hydrogens (tertiary/aromatic N) is 1. The van der Waals surface area contributed by atoms with Crippen molar-refractivity contribution in [1.82, 2.24) is 0 Å². The first-order valence-electron chi connectivity index (χ1n) is 4.07. The number of hydrogen-bond donors (Lipinski definition) is 0. The highest BCUT2D eigenvalue weighted by molar-refractivity contribution is 8.13. The van der Waals surface area contributed by atoms with E-state index in [4.69, 9.17) is 27.5 Å². The van der Waals surface area contributed by atoms with E-state index < -0.39 is 9.05 Å². The highest BCUT2D eigenvalue weighted by Gasteiger charge is 2.18. The maximum absolute atomic E-state index is 11.2. The Bertz CT molecular complexity index is 532. The fourth-order valence-corrected chi connectivity index (χ4v) is 2.80. The van der Waals surface area contributed by atoms with E-state index in [-0.39, 0.29) is 15.5 Å². The molecule has 1 rings (SSSR count). The van der Waals surface area contributed by atoms with Crippen LogP contribution in [0.5, 0.6) is 0 Å². The van der Waals surface area contributed by atoms with Gasteiger partial charge in [-0.25, -0.2) is 8.42 Å². The van der Waals surface area contributed by atoms with Crippen molar-refractivity contribution in [2.75, 3.05) is 0 Å². The molecule has 0 aliphatic heterocycles. The van der Waals surface area contributed by atoms with Crippen molar-refractivity contribution >= 4 is 31.3 Å². The second-order valence-corrected chi connectivity index (χ2v) is 5.76. The standard InChI is InChI=1S/C9H7Cl2NO2S/c1-2-7-3-6(5-12)4-8(9(7)10)15(11,13)14/h3-4H,2H2,1H3. The SMILES string of the molecule is CCc1cc(C#N)cc(S(=O)(=O)Cl)c1Cl. The Morgan fingerprint density at radius 2 is 2.07 bits per heavy atom. The number of nitriles is 1. The molecular weight excluding hydrogens is 257 g/mol. The van der Waals surface area contributed by atoms with Gasteiger partial charge in [-0.1, -0.05) is 18.5 Å². The topological polar surface area (TPSA) is 57.9 Å². The molecule has 0 aliphatic rings. The summed E-state index contributed by atoms with van der Waals surface area (Å²) in [6, 6.07) is 4.58. The van der Waals surface area contributed by atoms with Crippen LogP contribution in [-0.4, -0.2) is 8.42 Å². The molecule has 1 aromatic carbocycles. The van der Waals surface area contributed by atoms with Crippen LogP contribution in [0.25, 0.3) is 0 Å². The van der Waals surface area contributed by atoms with Gasteiger partial charge in [0.2, 0.25) is 0 Å². The molecule has 0 saturated carbocycles. The van der Waals surface area contributed by atoms with Gasteiger partial charge >= 0.3 is 0 Å². The molecule has 0 atom stereocenters. The van der Waals surface area contributed by atoms with Crippen molar-refractivity contribution in [1.29, 1.82) is 5.26 Å². The van der Waals surface area contributed by atoms with Gasteiger partial charge in [-0.05, 0) is 24.1 Å². The Hall–Kier alpha value is -0.760. The molecule has 0 radical (unpaired) electrons. The van der Waals surface area contributed by atoms with E-state index >= 15 is 0 Å². The molecule has 0 heterocycles. The predicted molar refractivity (Wildman–Crippen MR) is 58.6 cm³/mol. The van der Waals surface area contributed by atoms with Gasteiger partial charge in [-0.15, -0.1) is 0 Å². The van der Waals surface area contributed by atoms with Gasteiger partial charge in [0, 0.05) is 10.7 Å². The third kappa shape index (κ3) is 2.63. The minimum Gasteiger partial charge on any atom is -0.207 e. The Balaban J connectivity index is 3.60. The zero-order chi connectivity index (χ0) is 11.6. The lowest BCUT2D eigenvalue weighted by Crippen LogP contribution is -1.97. The quantitative estimate of drug-likeness (QED) is 0.771. The van der Waals surface area contributed by atoms with Crippen LogP contribution >= 0.6 is 22.3 Å². The minimum absolute atomic E-state index is 0.0894. The summed E-state index contributed by atoms with van der Waals surface area (Å²) in [5, 5.41) is 8.80. The molecule has 0 N–H and O–H groups in total. The molecule has 0 bridgehead atoms. The second-order valence-electron chi connectivity index (χ2n) is 2.85. The van der Waals surface area contributed by atoms with Gasteiger partial charge in [-0.2, -0.15) is 5.26 Å². The van der Waals surface area contributed by atoms with Crippen molar-refractivity contribution in [2.45, 2.75) is 18.2 Å². The lowest BCUT2D eigenvalue weighted by atomic mass is 10.1. The Kier molecular flexibility index (Phi) is 3.61. The molecule has 0 spiro atoms. The molecule has 0 aliphatic carbocycles. The van der Waals surface area contributed by atoms with E-state index in [1.165, 1.54) is 6.07 Å². The summed E-state index contributed by atoms with van der Waals surface area (Å²) >= 11 is 5.85. The van der Waals surface area contributed by atoms with E-state index in [1.54, 1.807) is 6.07 Å². The molecule has 3 nitrogen and oxygen atoms in total. The molecule has 15 heavy (non-hydrogen) atoms. The van der Waals surface area contributed by atoms with E-state index in [0.717, 1.165) is 0 Å². The van der Waals surface area contributed by atoms with Crippen LogP contribution in [0.3, 0.4) is 0 Å². The normalized spacial score (nSPS) is 11.1. The monoisotopic (exact) mass is 263 g/mol. The van der Waals surface area contributed by atoms with Crippen molar-refractivity contribution in [3.63, 3.8) is 0 Å². The summed E-state index contributed by atoms with van der Waals surface area (Å²) in [5.74, 6) is 0. The van der Waals surface area contributed by atoms with Gasteiger partial charge in [-0.3, -0.25) is 0 Å². The number of benzene rings is 1. The van der Waals surface area contributed by atoms with E-state index in [9.17, 15) is 8.42 Å². The van der Waals surface area contributed by atoms with Crippen LogP contribution in [0, 0.1) is 11.3 Å². The molecular formula is C9H7Cl2NO2S. The summed E-state index contributed by atoms with van der Waals surface area (Å²) in [6.45, 7) is 1.81. The van der Waals surface area contributed by atoms with E-state index in [0.29, 0.717) is 12.0 Å². The first-order valence-corrected chi connectivity index (χ1v) is 6.76. The Morgan fingerprint density at radius 1 is 1.47 bits per heavy atom. The van der Waals surface area contributed by atoms with Gasteiger partial charge in [0.05, 0.1) is 16.7 Å². The third-order valence-electron chi connectivity index (χ3n) is 1.89. The zero-order valence-corrected chi connectivity index (χ0v) is 10.1. The lowest BCUT2D eigenvalue weighted by Gasteiger charge is -2.06. The lowest BCUT2D eigenvalue weighted by molar-refractivity contribution is 0.609. The van der Waals surface area contributed by atoms with Crippen molar-refractivity contribution < 1.29 is 8.42 Å². The molecule has 0 saturated heterocycles.